The minimum absolute atomic E-state index is 0.255. The first-order valence-electron chi connectivity index (χ1n) is 5.91. The van der Waals surface area contributed by atoms with Crippen molar-refractivity contribution in [3.63, 3.8) is 0 Å². The summed E-state index contributed by atoms with van der Waals surface area (Å²) in [5, 5.41) is 29.5. The molecule has 0 amide bonds. The predicted molar refractivity (Wildman–Crippen MR) is 69.0 cm³/mol. The molecule has 1 fully saturated rings. The average Bonchev–Trinajstić information content (AvgIpc) is 2.82. The Morgan fingerprint density at radius 3 is 2.57 bits per heavy atom. The fraction of sp³-hybridized carbons (Fsp3) is 0.364. The number of carboxylic acids is 1. The highest BCUT2D eigenvalue weighted by Gasteiger charge is 2.45. The van der Waals surface area contributed by atoms with E-state index in [9.17, 15) is 28.4 Å². The van der Waals surface area contributed by atoms with Crippen molar-refractivity contribution in [1.82, 2.24) is 4.31 Å². The number of β-amino-alcohol motifs (C(OH)–C–C–N with tert-alkyl or cyclic N) is 1. The normalized spacial score (nSPS) is 23.1. The van der Waals surface area contributed by atoms with Gasteiger partial charge in [0.25, 0.3) is 15.7 Å². The molecule has 10 heteroatoms. The minimum atomic E-state index is -4.39. The van der Waals surface area contributed by atoms with Gasteiger partial charge in [-0.1, -0.05) is 12.1 Å². The van der Waals surface area contributed by atoms with Crippen LogP contribution in [0.5, 0.6) is 0 Å². The van der Waals surface area contributed by atoms with Gasteiger partial charge in [0.15, 0.2) is 4.90 Å². The van der Waals surface area contributed by atoms with Crippen molar-refractivity contribution in [2.24, 2.45) is 0 Å². The van der Waals surface area contributed by atoms with Crippen LogP contribution >= 0.6 is 0 Å². The summed E-state index contributed by atoms with van der Waals surface area (Å²) in [5.74, 6) is -1.41. The van der Waals surface area contributed by atoms with Crippen LogP contribution < -0.4 is 0 Å². The van der Waals surface area contributed by atoms with E-state index in [0.29, 0.717) is 4.31 Å². The molecule has 1 aromatic carbocycles. The van der Waals surface area contributed by atoms with Crippen LogP contribution in [-0.2, 0) is 14.8 Å². The molecule has 0 aliphatic carbocycles. The Balaban J connectivity index is 2.52. The lowest BCUT2D eigenvalue weighted by molar-refractivity contribution is -0.387. The van der Waals surface area contributed by atoms with Crippen LogP contribution in [-0.4, -0.2) is 52.5 Å². The Bertz CT molecular complexity index is 688. The van der Waals surface area contributed by atoms with Crippen molar-refractivity contribution in [2.75, 3.05) is 6.54 Å². The van der Waals surface area contributed by atoms with Crippen molar-refractivity contribution < 1.29 is 28.3 Å². The number of carbonyl (C=O) groups is 1. The van der Waals surface area contributed by atoms with Crippen LogP contribution in [0.3, 0.4) is 0 Å². The highest BCUT2D eigenvalue weighted by Crippen LogP contribution is 2.31. The molecule has 21 heavy (non-hydrogen) atoms. The predicted octanol–water partition coefficient (Wildman–Crippen LogP) is -0.197. The zero-order valence-electron chi connectivity index (χ0n) is 10.6. The first-order valence-corrected chi connectivity index (χ1v) is 7.35. The molecule has 1 aliphatic rings. The summed E-state index contributed by atoms with van der Waals surface area (Å²) in [6.45, 7) is -0.411. The number of benzene rings is 1. The SMILES string of the molecule is O=C(O)[C@H]1C[C@@H](O)CN1S(=O)(=O)c1ccccc1[N+](=O)[O-]. The largest absolute Gasteiger partial charge is 0.480 e. The average molecular weight is 316 g/mol. The maximum Gasteiger partial charge on any atom is 0.322 e. The van der Waals surface area contributed by atoms with Gasteiger partial charge in [-0.25, -0.2) is 8.42 Å². The van der Waals surface area contributed by atoms with Crippen molar-refractivity contribution in [3.05, 3.63) is 34.4 Å². The first kappa shape index (κ1) is 15.4. The molecule has 0 unspecified atom stereocenters. The lowest BCUT2D eigenvalue weighted by Gasteiger charge is -2.20. The second-order valence-corrected chi connectivity index (χ2v) is 6.40. The third-order valence-corrected chi connectivity index (χ3v) is 5.09. The highest BCUT2D eigenvalue weighted by atomic mass is 32.2. The number of nitro benzene ring substituents is 1. The van der Waals surface area contributed by atoms with Crippen LogP contribution in [0, 0.1) is 10.1 Å². The summed E-state index contributed by atoms with van der Waals surface area (Å²) in [7, 11) is -4.39. The molecule has 2 atom stereocenters. The molecule has 0 aromatic heterocycles. The first-order chi connectivity index (χ1) is 9.75. The fourth-order valence-electron chi connectivity index (χ4n) is 2.23. The lowest BCUT2D eigenvalue weighted by atomic mass is 10.2. The molecule has 0 radical (unpaired) electrons. The molecule has 0 bridgehead atoms. The van der Waals surface area contributed by atoms with Gasteiger partial charge in [-0.2, -0.15) is 4.31 Å². The van der Waals surface area contributed by atoms with Crippen LogP contribution in [0.15, 0.2) is 29.2 Å². The Kier molecular flexibility index (Phi) is 3.94. The second kappa shape index (κ2) is 5.39. The number of carboxylic acid groups (broad SMARTS) is 1. The van der Waals surface area contributed by atoms with E-state index < -0.39 is 50.2 Å². The minimum Gasteiger partial charge on any atom is -0.480 e. The topological polar surface area (TPSA) is 138 Å². The summed E-state index contributed by atoms with van der Waals surface area (Å²) in [6, 6.07) is 3.24. The van der Waals surface area contributed by atoms with E-state index in [-0.39, 0.29) is 6.42 Å². The second-order valence-electron chi connectivity index (χ2n) is 4.54. The molecule has 0 spiro atoms. The molecule has 114 valence electrons. The Hall–Kier alpha value is -2.04. The zero-order chi connectivity index (χ0) is 15.8. The third-order valence-electron chi connectivity index (χ3n) is 3.17. The molecule has 1 heterocycles. The van der Waals surface area contributed by atoms with Gasteiger partial charge < -0.3 is 10.2 Å². The van der Waals surface area contributed by atoms with E-state index in [4.69, 9.17) is 5.11 Å². The number of aliphatic hydroxyl groups excluding tert-OH is 1. The van der Waals surface area contributed by atoms with Crippen LogP contribution in [0.1, 0.15) is 6.42 Å². The summed E-state index contributed by atoms with van der Waals surface area (Å²) < 4.78 is 25.5. The highest BCUT2D eigenvalue weighted by molar-refractivity contribution is 7.89. The van der Waals surface area contributed by atoms with Gasteiger partial charge in [-0.15, -0.1) is 0 Å². The summed E-state index contributed by atoms with van der Waals surface area (Å²) in [5.41, 5.74) is -0.636. The van der Waals surface area contributed by atoms with Crippen LogP contribution in [0.2, 0.25) is 0 Å². The summed E-state index contributed by atoms with van der Waals surface area (Å²) >= 11 is 0. The van der Waals surface area contributed by atoms with Gasteiger partial charge in [-0.3, -0.25) is 14.9 Å². The number of sulfonamides is 1. The van der Waals surface area contributed by atoms with E-state index in [1.54, 1.807) is 0 Å². The van der Waals surface area contributed by atoms with Crippen molar-refractivity contribution in [2.45, 2.75) is 23.5 Å². The molecule has 2 N–H and O–H groups in total. The van der Waals surface area contributed by atoms with E-state index in [1.165, 1.54) is 12.1 Å². The van der Waals surface area contributed by atoms with E-state index >= 15 is 0 Å². The van der Waals surface area contributed by atoms with Crippen molar-refractivity contribution in [3.8, 4) is 0 Å². The zero-order valence-corrected chi connectivity index (χ0v) is 11.4. The molecule has 1 aromatic rings. The summed E-state index contributed by atoms with van der Waals surface area (Å²) in [6.07, 6.45) is -1.38. The van der Waals surface area contributed by atoms with Gasteiger partial charge >= 0.3 is 5.97 Å². The molecule has 1 saturated heterocycles. The molecule has 9 nitrogen and oxygen atoms in total. The molecular formula is C11H12N2O7S. The van der Waals surface area contributed by atoms with Gasteiger partial charge in [0.1, 0.15) is 6.04 Å². The van der Waals surface area contributed by atoms with Crippen molar-refractivity contribution in [1.29, 1.82) is 0 Å². The fourth-order valence-corrected chi connectivity index (χ4v) is 4.02. The number of aliphatic hydroxyl groups is 1. The number of aliphatic carboxylic acids is 1. The number of nitrogens with zero attached hydrogens (tertiary/aromatic N) is 2. The van der Waals surface area contributed by atoms with E-state index in [2.05, 4.69) is 0 Å². The molecule has 1 aliphatic heterocycles. The number of nitro groups is 1. The van der Waals surface area contributed by atoms with E-state index in [1.807, 2.05) is 0 Å². The number of hydrogen-bond acceptors (Lipinski definition) is 6. The molecular weight excluding hydrogens is 304 g/mol. The van der Waals surface area contributed by atoms with Gasteiger partial charge in [0.05, 0.1) is 11.0 Å². The van der Waals surface area contributed by atoms with Crippen molar-refractivity contribution >= 4 is 21.7 Å². The molecule has 2 rings (SSSR count). The quantitative estimate of drug-likeness (QED) is 0.579. The number of para-hydroxylation sites is 1. The van der Waals surface area contributed by atoms with Gasteiger partial charge in [0, 0.05) is 19.0 Å². The lowest BCUT2D eigenvalue weighted by Crippen LogP contribution is -2.40. The number of hydrogen-bond donors (Lipinski definition) is 2. The Morgan fingerprint density at radius 2 is 2.00 bits per heavy atom. The standard InChI is InChI=1S/C11H12N2O7S/c14-7-5-9(11(15)16)12(6-7)21(19,20)10-4-2-1-3-8(10)13(17)18/h1-4,7,9,14H,5-6H2,(H,15,16)/t7-,9-/m1/s1. The number of rotatable bonds is 4. The van der Waals surface area contributed by atoms with Crippen LogP contribution in [0.25, 0.3) is 0 Å². The van der Waals surface area contributed by atoms with Gasteiger partial charge in [0.2, 0.25) is 0 Å². The monoisotopic (exact) mass is 316 g/mol. The molecule has 0 saturated carbocycles. The summed E-state index contributed by atoms with van der Waals surface area (Å²) in [4.78, 5) is 20.6. The van der Waals surface area contributed by atoms with Crippen LogP contribution in [0.4, 0.5) is 5.69 Å². The maximum absolute atomic E-state index is 12.5. The Labute approximate surface area is 119 Å². The third kappa shape index (κ3) is 2.73. The maximum atomic E-state index is 12.5. The van der Waals surface area contributed by atoms with E-state index in [0.717, 1.165) is 12.1 Å². The smallest absolute Gasteiger partial charge is 0.322 e. The Morgan fingerprint density at radius 1 is 1.38 bits per heavy atom. The van der Waals surface area contributed by atoms with Gasteiger partial charge in [-0.05, 0) is 6.07 Å².